The predicted octanol–water partition coefficient (Wildman–Crippen LogP) is 0.185. The van der Waals surface area contributed by atoms with Gasteiger partial charge in [0.25, 0.3) is 5.69 Å². The van der Waals surface area contributed by atoms with Crippen LogP contribution < -0.4 is 11.5 Å². The summed E-state index contributed by atoms with van der Waals surface area (Å²) in [6.45, 7) is 0. The van der Waals surface area contributed by atoms with Gasteiger partial charge >= 0.3 is 5.97 Å². The topological polar surface area (TPSA) is 150 Å². The van der Waals surface area contributed by atoms with Crippen molar-refractivity contribution in [3.05, 3.63) is 39.9 Å². The number of hydrogen-bond acceptors (Lipinski definition) is 5. The average molecular weight is 281 g/mol. The maximum absolute atomic E-state index is 11.2. The Kier molecular flexibility index (Phi) is 4.76. The molecule has 5 N–H and O–H groups in total. The summed E-state index contributed by atoms with van der Waals surface area (Å²) in [6.07, 6.45) is -0.294. The molecule has 20 heavy (non-hydrogen) atoms. The molecule has 0 unspecified atom stereocenters. The second kappa shape index (κ2) is 6.11. The summed E-state index contributed by atoms with van der Waals surface area (Å²) in [5, 5.41) is 19.7. The van der Waals surface area contributed by atoms with Gasteiger partial charge in [-0.05, 0) is 12.0 Å². The number of nitrogens with two attached hydrogens (primary N) is 2. The first-order valence-electron chi connectivity index (χ1n) is 5.78. The van der Waals surface area contributed by atoms with Crippen molar-refractivity contribution in [2.24, 2.45) is 11.5 Å². The van der Waals surface area contributed by atoms with Crippen LogP contribution in [0.5, 0.6) is 0 Å². The largest absolute Gasteiger partial charge is 0.480 e. The molecule has 0 aliphatic heterocycles. The van der Waals surface area contributed by atoms with Crippen LogP contribution in [0.15, 0.2) is 24.3 Å². The molecule has 8 nitrogen and oxygen atoms in total. The van der Waals surface area contributed by atoms with E-state index in [9.17, 15) is 19.7 Å². The van der Waals surface area contributed by atoms with Crippen molar-refractivity contribution in [2.45, 2.75) is 24.8 Å². The Balaban J connectivity index is 2.87. The number of nitro groups is 1. The number of non-ortho nitro benzene ring substituents is 1. The van der Waals surface area contributed by atoms with Crippen molar-refractivity contribution in [1.82, 2.24) is 0 Å². The maximum Gasteiger partial charge on any atom is 0.324 e. The van der Waals surface area contributed by atoms with Crippen LogP contribution in [0.2, 0.25) is 0 Å². The standard InChI is InChI=1S/C12H15N3O5/c13-10(16)5-6-12(14,11(17)18)7-8-1-3-9(4-2-8)15(19)20/h1-4H,5-7,14H2,(H2,13,16)(H,17,18)/t12-/m1/s1. The van der Waals surface area contributed by atoms with Crippen molar-refractivity contribution in [1.29, 1.82) is 0 Å². The van der Waals surface area contributed by atoms with Gasteiger partial charge in [0.05, 0.1) is 4.92 Å². The Morgan fingerprint density at radius 1 is 1.30 bits per heavy atom. The van der Waals surface area contributed by atoms with Crippen LogP contribution in [-0.2, 0) is 16.0 Å². The number of carboxylic acid groups (broad SMARTS) is 1. The number of benzene rings is 1. The van der Waals surface area contributed by atoms with E-state index < -0.39 is 22.3 Å². The van der Waals surface area contributed by atoms with E-state index in [4.69, 9.17) is 16.6 Å². The van der Waals surface area contributed by atoms with Crippen LogP contribution in [0.25, 0.3) is 0 Å². The van der Waals surface area contributed by atoms with Crippen molar-refractivity contribution in [3.63, 3.8) is 0 Å². The molecule has 1 aromatic rings. The molecule has 0 saturated heterocycles. The molecule has 1 aromatic carbocycles. The van der Waals surface area contributed by atoms with E-state index in [-0.39, 0.29) is 24.9 Å². The summed E-state index contributed by atoms with van der Waals surface area (Å²) in [5.41, 5.74) is 9.57. The lowest BCUT2D eigenvalue weighted by molar-refractivity contribution is -0.384. The molecule has 0 bridgehead atoms. The van der Waals surface area contributed by atoms with Crippen LogP contribution in [-0.4, -0.2) is 27.4 Å². The van der Waals surface area contributed by atoms with Crippen LogP contribution >= 0.6 is 0 Å². The number of nitrogens with zero attached hydrogens (tertiary/aromatic N) is 1. The van der Waals surface area contributed by atoms with Gasteiger partial charge in [0.2, 0.25) is 5.91 Å². The van der Waals surface area contributed by atoms with Gasteiger partial charge < -0.3 is 16.6 Å². The Morgan fingerprint density at radius 2 is 1.85 bits per heavy atom. The molecule has 1 amide bonds. The molecule has 0 fully saturated rings. The van der Waals surface area contributed by atoms with Crippen molar-refractivity contribution < 1.29 is 19.6 Å². The number of carbonyl (C=O) groups excluding carboxylic acids is 1. The Morgan fingerprint density at radius 3 is 2.25 bits per heavy atom. The molecule has 0 radical (unpaired) electrons. The first kappa shape index (κ1) is 15.6. The fraction of sp³-hybridized carbons (Fsp3) is 0.333. The lowest BCUT2D eigenvalue weighted by atomic mass is 9.87. The molecule has 1 atom stereocenters. The fourth-order valence-corrected chi connectivity index (χ4v) is 1.72. The highest BCUT2D eigenvalue weighted by molar-refractivity contribution is 5.81. The summed E-state index contributed by atoms with van der Waals surface area (Å²) in [5.74, 6) is -1.89. The molecule has 0 aliphatic rings. The minimum absolute atomic E-state index is 0.0480. The van der Waals surface area contributed by atoms with Gasteiger partial charge in [0.15, 0.2) is 0 Å². The highest BCUT2D eigenvalue weighted by atomic mass is 16.6. The first-order valence-corrected chi connectivity index (χ1v) is 5.78. The summed E-state index contributed by atoms with van der Waals surface area (Å²) < 4.78 is 0. The van der Waals surface area contributed by atoms with E-state index in [0.717, 1.165) is 0 Å². The molecule has 0 spiro atoms. The number of carboxylic acids is 1. The third-order valence-electron chi connectivity index (χ3n) is 2.91. The Bertz CT molecular complexity index is 528. The quantitative estimate of drug-likeness (QED) is 0.479. The lowest BCUT2D eigenvalue weighted by Crippen LogP contribution is -2.50. The normalized spacial score (nSPS) is 13.4. The summed E-state index contributed by atoms with van der Waals surface area (Å²) >= 11 is 0. The summed E-state index contributed by atoms with van der Waals surface area (Å²) in [6, 6.07) is 5.41. The zero-order chi connectivity index (χ0) is 15.3. The van der Waals surface area contributed by atoms with E-state index in [1.54, 1.807) is 0 Å². The highest BCUT2D eigenvalue weighted by Crippen LogP contribution is 2.19. The third kappa shape index (κ3) is 4.02. The smallest absolute Gasteiger partial charge is 0.324 e. The average Bonchev–Trinajstić information content (AvgIpc) is 2.37. The number of primary amides is 1. The SMILES string of the molecule is NC(=O)CC[C@@](N)(Cc1ccc([N+](=O)[O-])cc1)C(=O)O. The number of carbonyl (C=O) groups is 2. The second-order valence-corrected chi connectivity index (χ2v) is 4.53. The number of nitro benzene ring substituents is 1. The van der Waals surface area contributed by atoms with Gasteiger partial charge in [0, 0.05) is 25.0 Å². The molecule has 0 aromatic heterocycles. The minimum Gasteiger partial charge on any atom is -0.480 e. The van der Waals surface area contributed by atoms with Gasteiger partial charge in [-0.3, -0.25) is 19.7 Å². The molecule has 1 rings (SSSR count). The number of aliphatic carboxylic acids is 1. The fourth-order valence-electron chi connectivity index (χ4n) is 1.72. The molecule has 8 heteroatoms. The molecular formula is C12H15N3O5. The predicted molar refractivity (Wildman–Crippen MR) is 69.8 cm³/mol. The van der Waals surface area contributed by atoms with E-state index in [1.807, 2.05) is 0 Å². The molecule has 108 valence electrons. The zero-order valence-electron chi connectivity index (χ0n) is 10.6. The van der Waals surface area contributed by atoms with Gasteiger partial charge in [-0.25, -0.2) is 0 Å². The van der Waals surface area contributed by atoms with Crippen LogP contribution in [0.3, 0.4) is 0 Å². The van der Waals surface area contributed by atoms with Crippen molar-refractivity contribution in [2.75, 3.05) is 0 Å². The van der Waals surface area contributed by atoms with E-state index in [2.05, 4.69) is 0 Å². The van der Waals surface area contributed by atoms with E-state index in [1.165, 1.54) is 24.3 Å². The Labute approximate surface area is 114 Å². The number of rotatable bonds is 7. The Hall–Kier alpha value is -2.48. The summed E-state index contributed by atoms with van der Waals surface area (Å²) in [4.78, 5) is 31.9. The van der Waals surface area contributed by atoms with Crippen LogP contribution in [0.4, 0.5) is 5.69 Å². The summed E-state index contributed by atoms with van der Waals surface area (Å²) in [7, 11) is 0. The monoisotopic (exact) mass is 281 g/mol. The van der Waals surface area contributed by atoms with Gasteiger partial charge in [-0.15, -0.1) is 0 Å². The highest BCUT2D eigenvalue weighted by Gasteiger charge is 2.34. The van der Waals surface area contributed by atoms with Crippen molar-refractivity contribution in [3.8, 4) is 0 Å². The molecule has 0 aliphatic carbocycles. The van der Waals surface area contributed by atoms with Gasteiger partial charge in [-0.2, -0.15) is 0 Å². The minimum atomic E-state index is -1.63. The van der Waals surface area contributed by atoms with Crippen LogP contribution in [0, 0.1) is 10.1 Å². The van der Waals surface area contributed by atoms with Crippen LogP contribution in [0.1, 0.15) is 18.4 Å². The lowest BCUT2D eigenvalue weighted by Gasteiger charge is -2.24. The van der Waals surface area contributed by atoms with Gasteiger partial charge in [-0.1, -0.05) is 12.1 Å². The van der Waals surface area contributed by atoms with E-state index in [0.29, 0.717) is 5.56 Å². The number of hydrogen-bond donors (Lipinski definition) is 3. The first-order chi connectivity index (χ1) is 9.24. The molecular weight excluding hydrogens is 266 g/mol. The van der Waals surface area contributed by atoms with Crippen molar-refractivity contribution >= 4 is 17.6 Å². The number of amides is 1. The molecule has 0 saturated carbocycles. The maximum atomic E-state index is 11.2. The molecule has 0 heterocycles. The van der Waals surface area contributed by atoms with E-state index >= 15 is 0 Å². The zero-order valence-corrected chi connectivity index (χ0v) is 10.6. The third-order valence-corrected chi connectivity index (χ3v) is 2.91. The second-order valence-electron chi connectivity index (χ2n) is 4.53. The van der Waals surface area contributed by atoms with Gasteiger partial charge in [0.1, 0.15) is 5.54 Å².